The van der Waals surface area contributed by atoms with Crippen LogP contribution < -0.4 is 5.32 Å². The first kappa shape index (κ1) is 11.6. The zero-order valence-electron chi connectivity index (χ0n) is 8.68. The molecule has 12 heavy (non-hydrogen) atoms. The van der Waals surface area contributed by atoms with Crippen LogP contribution in [0, 0.1) is 5.92 Å². The minimum Gasteiger partial charge on any atom is -0.311 e. The normalized spacial score (nSPS) is 13.4. The van der Waals surface area contributed by atoms with Crippen LogP contribution in [0.5, 0.6) is 0 Å². The van der Waals surface area contributed by atoms with Crippen molar-refractivity contribution in [2.24, 2.45) is 5.92 Å². The van der Waals surface area contributed by atoms with Crippen LogP contribution in [0.4, 0.5) is 0 Å². The molecule has 0 aromatic rings. The van der Waals surface area contributed by atoms with Crippen molar-refractivity contribution in [3.8, 4) is 0 Å². The van der Waals surface area contributed by atoms with Gasteiger partial charge in [-0.3, -0.25) is 4.79 Å². The van der Waals surface area contributed by atoms with Crippen LogP contribution in [0.25, 0.3) is 0 Å². The second-order valence-electron chi connectivity index (χ2n) is 3.78. The van der Waals surface area contributed by atoms with Crippen LogP contribution in [0.2, 0.25) is 0 Å². The smallest absolute Gasteiger partial charge is 0.146 e. The van der Waals surface area contributed by atoms with E-state index < -0.39 is 0 Å². The summed E-state index contributed by atoms with van der Waals surface area (Å²) in [4.78, 5) is 11.0. The second kappa shape index (κ2) is 6.18. The summed E-state index contributed by atoms with van der Waals surface area (Å²) in [6, 6.07) is 0.0729. The summed E-state index contributed by atoms with van der Waals surface area (Å²) < 4.78 is 0. The van der Waals surface area contributed by atoms with Gasteiger partial charge in [-0.15, -0.1) is 0 Å². The third-order valence-electron chi connectivity index (χ3n) is 2.11. The van der Waals surface area contributed by atoms with Gasteiger partial charge in [0.2, 0.25) is 0 Å². The summed E-state index contributed by atoms with van der Waals surface area (Å²) in [6.07, 6.45) is 3.33. The zero-order valence-corrected chi connectivity index (χ0v) is 8.68. The molecule has 0 heterocycles. The highest BCUT2D eigenvalue weighted by atomic mass is 16.1. The predicted octanol–water partition coefficient (Wildman–Crippen LogP) is 1.99. The average molecular weight is 171 g/mol. The molecule has 0 amide bonds. The average Bonchev–Trinajstić information content (AvgIpc) is 1.96. The Morgan fingerprint density at radius 1 is 1.33 bits per heavy atom. The number of hydrogen-bond donors (Lipinski definition) is 1. The lowest BCUT2D eigenvalue weighted by Gasteiger charge is -2.12. The monoisotopic (exact) mass is 171 g/mol. The number of nitrogens with one attached hydrogen (secondary N) is 1. The highest BCUT2D eigenvalue weighted by molar-refractivity contribution is 5.81. The van der Waals surface area contributed by atoms with Crippen LogP contribution >= 0.6 is 0 Å². The van der Waals surface area contributed by atoms with Gasteiger partial charge in [-0.1, -0.05) is 26.7 Å². The van der Waals surface area contributed by atoms with Gasteiger partial charge >= 0.3 is 0 Å². The molecule has 2 heteroatoms. The summed E-state index contributed by atoms with van der Waals surface area (Å²) in [5, 5.41) is 3.03. The van der Waals surface area contributed by atoms with E-state index in [2.05, 4.69) is 19.2 Å². The minimum atomic E-state index is 0.0729. The summed E-state index contributed by atoms with van der Waals surface area (Å²) in [6.45, 7) is 6.07. The zero-order chi connectivity index (χ0) is 9.56. The quantitative estimate of drug-likeness (QED) is 0.662. The summed E-state index contributed by atoms with van der Waals surface area (Å²) >= 11 is 0. The lowest BCUT2D eigenvalue weighted by Crippen LogP contribution is -2.32. The topological polar surface area (TPSA) is 29.1 Å². The van der Waals surface area contributed by atoms with E-state index in [1.165, 1.54) is 6.42 Å². The molecule has 0 fully saturated rings. The maximum atomic E-state index is 11.0. The van der Waals surface area contributed by atoms with Crippen LogP contribution in [0.3, 0.4) is 0 Å². The highest BCUT2D eigenvalue weighted by Crippen LogP contribution is 2.08. The molecule has 0 aliphatic carbocycles. The van der Waals surface area contributed by atoms with Gasteiger partial charge in [-0.2, -0.15) is 0 Å². The number of hydrogen-bond acceptors (Lipinski definition) is 2. The molecular weight excluding hydrogens is 150 g/mol. The van der Waals surface area contributed by atoms with Gasteiger partial charge < -0.3 is 5.32 Å². The molecule has 2 nitrogen and oxygen atoms in total. The third kappa shape index (κ3) is 5.30. The highest BCUT2D eigenvalue weighted by Gasteiger charge is 2.10. The summed E-state index contributed by atoms with van der Waals surface area (Å²) in [5.41, 5.74) is 0. The Morgan fingerprint density at radius 2 is 1.92 bits per heavy atom. The van der Waals surface area contributed by atoms with E-state index in [0.717, 1.165) is 18.8 Å². The fourth-order valence-corrected chi connectivity index (χ4v) is 1.28. The van der Waals surface area contributed by atoms with Gasteiger partial charge in [-0.25, -0.2) is 0 Å². The maximum absolute atomic E-state index is 11.0. The standard InChI is InChI=1S/C10H21NO/c1-8(2)6-5-7-10(11-4)9(3)12/h8,10-11H,5-7H2,1-4H3/t10-/m0/s1. The molecule has 0 aliphatic heterocycles. The second-order valence-corrected chi connectivity index (χ2v) is 3.78. The molecule has 72 valence electrons. The molecule has 0 radical (unpaired) electrons. The van der Waals surface area contributed by atoms with Crippen LogP contribution in [-0.2, 0) is 4.79 Å². The van der Waals surface area contributed by atoms with Crippen molar-refractivity contribution in [3.05, 3.63) is 0 Å². The van der Waals surface area contributed by atoms with Crippen LogP contribution in [0.1, 0.15) is 40.0 Å². The minimum absolute atomic E-state index is 0.0729. The first-order valence-electron chi connectivity index (χ1n) is 4.75. The molecule has 0 rings (SSSR count). The van der Waals surface area contributed by atoms with Crippen LogP contribution in [-0.4, -0.2) is 18.9 Å². The SMILES string of the molecule is CN[C@@H](CCCC(C)C)C(C)=O. The Labute approximate surface area is 75.7 Å². The fourth-order valence-electron chi connectivity index (χ4n) is 1.28. The van der Waals surface area contributed by atoms with Gasteiger partial charge in [0.1, 0.15) is 5.78 Å². The molecule has 0 bridgehead atoms. The van der Waals surface area contributed by atoms with Crippen molar-refractivity contribution >= 4 is 5.78 Å². The number of carbonyl (C=O) groups is 1. The van der Waals surface area contributed by atoms with E-state index in [1.807, 2.05) is 7.05 Å². The van der Waals surface area contributed by atoms with Crippen molar-refractivity contribution in [2.75, 3.05) is 7.05 Å². The van der Waals surface area contributed by atoms with E-state index >= 15 is 0 Å². The molecule has 1 N–H and O–H groups in total. The van der Waals surface area contributed by atoms with Crippen molar-refractivity contribution in [2.45, 2.75) is 46.1 Å². The molecular formula is C10H21NO. The Bertz CT molecular complexity index is 132. The number of likely N-dealkylation sites (N-methyl/N-ethyl adjacent to an activating group) is 1. The molecule has 0 aromatic heterocycles. The van der Waals surface area contributed by atoms with E-state index in [9.17, 15) is 4.79 Å². The van der Waals surface area contributed by atoms with E-state index in [-0.39, 0.29) is 11.8 Å². The molecule has 0 unspecified atom stereocenters. The summed E-state index contributed by atoms with van der Waals surface area (Å²) in [7, 11) is 1.85. The first-order valence-corrected chi connectivity index (χ1v) is 4.75. The fraction of sp³-hybridized carbons (Fsp3) is 0.900. The Hall–Kier alpha value is -0.370. The van der Waals surface area contributed by atoms with Gasteiger partial charge in [0.15, 0.2) is 0 Å². The van der Waals surface area contributed by atoms with E-state index in [1.54, 1.807) is 6.92 Å². The lowest BCUT2D eigenvalue weighted by molar-refractivity contribution is -0.119. The Kier molecular flexibility index (Phi) is 5.99. The van der Waals surface area contributed by atoms with E-state index in [0.29, 0.717) is 0 Å². The largest absolute Gasteiger partial charge is 0.311 e. The van der Waals surface area contributed by atoms with Gasteiger partial charge in [-0.05, 0) is 26.3 Å². The molecule has 0 aliphatic rings. The first-order chi connectivity index (χ1) is 5.57. The Morgan fingerprint density at radius 3 is 2.25 bits per heavy atom. The molecule has 0 spiro atoms. The van der Waals surface area contributed by atoms with Crippen molar-refractivity contribution < 1.29 is 4.79 Å². The number of ketones is 1. The summed E-state index contributed by atoms with van der Waals surface area (Å²) in [5.74, 6) is 0.996. The van der Waals surface area contributed by atoms with Gasteiger partial charge in [0.25, 0.3) is 0 Å². The molecule has 0 aromatic carbocycles. The number of Topliss-reactive ketones (excluding diaryl/α,β-unsaturated/α-hetero) is 1. The van der Waals surface area contributed by atoms with Crippen LogP contribution in [0.15, 0.2) is 0 Å². The number of carbonyl (C=O) groups excluding carboxylic acids is 1. The molecule has 0 saturated carbocycles. The van der Waals surface area contributed by atoms with E-state index in [4.69, 9.17) is 0 Å². The van der Waals surface area contributed by atoms with Crippen molar-refractivity contribution in [1.29, 1.82) is 0 Å². The number of rotatable bonds is 6. The maximum Gasteiger partial charge on any atom is 0.146 e. The van der Waals surface area contributed by atoms with Gasteiger partial charge in [0, 0.05) is 0 Å². The van der Waals surface area contributed by atoms with Crippen molar-refractivity contribution in [3.63, 3.8) is 0 Å². The Balaban J connectivity index is 3.52. The third-order valence-corrected chi connectivity index (χ3v) is 2.11. The van der Waals surface area contributed by atoms with Crippen molar-refractivity contribution in [1.82, 2.24) is 5.32 Å². The predicted molar refractivity (Wildman–Crippen MR) is 52.2 cm³/mol. The lowest BCUT2D eigenvalue weighted by atomic mass is 10.0. The van der Waals surface area contributed by atoms with Gasteiger partial charge in [0.05, 0.1) is 6.04 Å². The molecule has 1 atom stereocenters. The molecule has 0 saturated heterocycles.